The van der Waals surface area contributed by atoms with E-state index in [4.69, 9.17) is 4.74 Å². The van der Waals surface area contributed by atoms with E-state index in [1.54, 1.807) is 0 Å². The third-order valence-corrected chi connectivity index (χ3v) is 5.82. The summed E-state index contributed by atoms with van der Waals surface area (Å²) in [5.41, 5.74) is 0.929. The van der Waals surface area contributed by atoms with Gasteiger partial charge in [-0.05, 0) is 35.9 Å². The summed E-state index contributed by atoms with van der Waals surface area (Å²) in [5.74, 6) is -0.787. The number of carbonyl (C=O) groups excluding carboxylic acids is 2. The van der Waals surface area contributed by atoms with Gasteiger partial charge in [0.25, 0.3) is 0 Å². The largest absolute Gasteiger partial charge is 0.495 e. The second-order valence-electron chi connectivity index (χ2n) is 6.36. The van der Waals surface area contributed by atoms with E-state index in [2.05, 4.69) is 16.0 Å². The number of hydrogen-bond donors (Lipinski definition) is 3. The number of nitrogens with one attached hydrogen (secondary N) is 3. The molecule has 0 atom stereocenters. The lowest BCUT2D eigenvalue weighted by molar-refractivity contribution is -0.115. The number of hydrogen-bond acceptors (Lipinski definition) is 5. The SMILES string of the molecule is COc1ccc(NC(=O)CNC(=O)NCc2ccc(F)cc2)cc1S(=O)(=O)N(C)C. The second-order valence-corrected chi connectivity index (χ2v) is 8.48. The molecule has 0 fully saturated rings. The van der Waals surface area contributed by atoms with Crippen LogP contribution >= 0.6 is 0 Å². The van der Waals surface area contributed by atoms with Crippen LogP contribution in [0.1, 0.15) is 5.56 Å². The van der Waals surface area contributed by atoms with Crippen LogP contribution in [0.15, 0.2) is 47.4 Å². The minimum Gasteiger partial charge on any atom is -0.495 e. The van der Waals surface area contributed by atoms with Crippen LogP contribution < -0.4 is 20.7 Å². The van der Waals surface area contributed by atoms with Gasteiger partial charge in [0.1, 0.15) is 16.5 Å². The van der Waals surface area contributed by atoms with E-state index in [-0.39, 0.29) is 35.2 Å². The van der Waals surface area contributed by atoms with Gasteiger partial charge in [-0.1, -0.05) is 12.1 Å². The highest BCUT2D eigenvalue weighted by molar-refractivity contribution is 7.89. The van der Waals surface area contributed by atoms with Gasteiger partial charge in [0, 0.05) is 26.3 Å². The molecule has 0 saturated heterocycles. The van der Waals surface area contributed by atoms with Crippen LogP contribution in [-0.2, 0) is 21.4 Å². The smallest absolute Gasteiger partial charge is 0.315 e. The van der Waals surface area contributed by atoms with Crippen LogP contribution in [0.3, 0.4) is 0 Å². The predicted molar refractivity (Wildman–Crippen MR) is 109 cm³/mol. The molecule has 11 heteroatoms. The van der Waals surface area contributed by atoms with Crippen LogP contribution in [0, 0.1) is 5.82 Å². The molecule has 0 spiro atoms. The third-order valence-electron chi connectivity index (χ3n) is 3.98. The van der Waals surface area contributed by atoms with Crippen LogP contribution in [0.5, 0.6) is 5.75 Å². The summed E-state index contributed by atoms with van der Waals surface area (Å²) in [7, 11) is 0.325. The molecule has 2 rings (SSSR count). The molecule has 0 unspecified atom stereocenters. The van der Waals surface area contributed by atoms with Crippen LogP contribution in [-0.4, -0.2) is 52.4 Å². The molecule has 0 heterocycles. The van der Waals surface area contributed by atoms with E-state index in [0.717, 1.165) is 4.31 Å². The van der Waals surface area contributed by atoms with E-state index in [0.29, 0.717) is 5.56 Å². The fourth-order valence-corrected chi connectivity index (χ4v) is 3.44. The Balaban J connectivity index is 1.92. The molecule has 0 bridgehead atoms. The molecule has 0 aliphatic carbocycles. The van der Waals surface area contributed by atoms with Crippen molar-refractivity contribution >= 4 is 27.6 Å². The molecule has 3 N–H and O–H groups in total. The highest BCUT2D eigenvalue weighted by Crippen LogP contribution is 2.28. The number of methoxy groups -OCH3 is 1. The zero-order valence-electron chi connectivity index (χ0n) is 16.7. The van der Waals surface area contributed by atoms with Gasteiger partial charge in [-0.2, -0.15) is 0 Å². The molecule has 0 aliphatic rings. The van der Waals surface area contributed by atoms with Crippen molar-refractivity contribution in [3.05, 3.63) is 53.8 Å². The lowest BCUT2D eigenvalue weighted by atomic mass is 10.2. The summed E-state index contributed by atoms with van der Waals surface area (Å²) in [6.07, 6.45) is 0. The van der Waals surface area contributed by atoms with E-state index >= 15 is 0 Å². The van der Waals surface area contributed by atoms with Gasteiger partial charge in [0.2, 0.25) is 15.9 Å². The quantitative estimate of drug-likeness (QED) is 0.578. The van der Waals surface area contributed by atoms with Crippen molar-refractivity contribution in [2.45, 2.75) is 11.4 Å². The normalized spacial score (nSPS) is 11.1. The van der Waals surface area contributed by atoms with Gasteiger partial charge in [-0.15, -0.1) is 0 Å². The van der Waals surface area contributed by atoms with Crippen LogP contribution in [0.25, 0.3) is 0 Å². The first-order chi connectivity index (χ1) is 14.1. The van der Waals surface area contributed by atoms with Crippen molar-refractivity contribution in [3.8, 4) is 5.75 Å². The third kappa shape index (κ3) is 6.16. The maximum Gasteiger partial charge on any atom is 0.315 e. The van der Waals surface area contributed by atoms with E-state index < -0.39 is 22.0 Å². The van der Waals surface area contributed by atoms with Crippen LogP contribution in [0.2, 0.25) is 0 Å². The lowest BCUT2D eigenvalue weighted by Crippen LogP contribution is -2.39. The number of amides is 3. The average molecular weight is 438 g/mol. The average Bonchev–Trinajstić information content (AvgIpc) is 2.71. The molecule has 9 nitrogen and oxygen atoms in total. The number of benzene rings is 2. The van der Waals surface area contributed by atoms with Gasteiger partial charge in [0.05, 0.1) is 13.7 Å². The van der Waals surface area contributed by atoms with Gasteiger partial charge < -0.3 is 20.7 Å². The zero-order valence-corrected chi connectivity index (χ0v) is 17.5. The lowest BCUT2D eigenvalue weighted by Gasteiger charge is -2.16. The topological polar surface area (TPSA) is 117 Å². The number of rotatable bonds is 8. The maximum absolute atomic E-state index is 12.9. The minimum absolute atomic E-state index is 0.0993. The highest BCUT2D eigenvalue weighted by Gasteiger charge is 2.23. The Morgan fingerprint density at radius 1 is 1.07 bits per heavy atom. The van der Waals surface area contributed by atoms with Crippen molar-refractivity contribution in [1.82, 2.24) is 14.9 Å². The molecule has 0 saturated carbocycles. The molecule has 0 aliphatic heterocycles. The Bertz CT molecular complexity index is 1010. The summed E-state index contributed by atoms with van der Waals surface area (Å²) < 4.78 is 43.8. The first-order valence-electron chi connectivity index (χ1n) is 8.80. The first kappa shape index (κ1) is 23.1. The second kappa shape index (κ2) is 10.0. The Kier molecular flexibility index (Phi) is 7.72. The number of anilines is 1. The van der Waals surface area contributed by atoms with Crippen LogP contribution in [0.4, 0.5) is 14.9 Å². The maximum atomic E-state index is 12.9. The Morgan fingerprint density at radius 3 is 2.33 bits per heavy atom. The molecule has 2 aromatic rings. The first-order valence-corrected chi connectivity index (χ1v) is 10.2. The Labute approximate surface area is 174 Å². The molecule has 2 aromatic carbocycles. The number of sulfonamides is 1. The van der Waals surface area contributed by atoms with E-state index in [9.17, 15) is 22.4 Å². The van der Waals surface area contributed by atoms with Gasteiger partial charge >= 0.3 is 6.03 Å². The van der Waals surface area contributed by atoms with E-state index in [1.165, 1.54) is 63.7 Å². The number of halogens is 1. The summed E-state index contributed by atoms with van der Waals surface area (Å²) in [4.78, 5) is 23.8. The van der Waals surface area contributed by atoms with Gasteiger partial charge in [0.15, 0.2) is 0 Å². The molecule has 30 heavy (non-hydrogen) atoms. The molecule has 3 amide bonds. The van der Waals surface area contributed by atoms with Gasteiger partial charge in [-0.25, -0.2) is 21.9 Å². The number of nitrogens with zero attached hydrogens (tertiary/aromatic N) is 1. The summed E-state index contributed by atoms with van der Waals surface area (Å²) in [6, 6.07) is 9.23. The van der Waals surface area contributed by atoms with Crippen molar-refractivity contribution in [1.29, 1.82) is 0 Å². The van der Waals surface area contributed by atoms with E-state index in [1.807, 2.05) is 0 Å². The van der Waals surface area contributed by atoms with Gasteiger partial charge in [-0.3, -0.25) is 4.79 Å². The van der Waals surface area contributed by atoms with Crippen molar-refractivity contribution in [3.63, 3.8) is 0 Å². The monoisotopic (exact) mass is 438 g/mol. The summed E-state index contributed by atoms with van der Waals surface area (Å²) in [6.45, 7) is -0.172. The summed E-state index contributed by atoms with van der Waals surface area (Å²) in [5, 5.41) is 7.44. The minimum atomic E-state index is -3.79. The fourth-order valence-electron chi connectivity index (χ4n) is 2.37. The molecule has 162 valence electrons. The van der Waals surface area contributed by atoms with Crippen molar-refractivity contribution < 1.29 is 27.1 Å². The highest BCUT2D eigenvalue weighted by atomic mass is 32.2. The molecule has 0 aromatic heterocycles. The van der Waals surface area contributed by atoms with Crippen molar-refractivity contribution in [2.24, 2.45) is 0 Å². The summed E-state index contributed by atoms with van der Waals surface area (Å²) >= 11 is 0. The molecular weight excluding hydrogens is 415 g/mol. The van der Waals surface area contributed by atoms with Crippen molar-refractivity contribution in [2.75, 3.05) is 33.1 Å². The predicted octanol–water partition coefficient (Wildman–Crippen LogP) is 1.52. The Morgan fingerprint density at radius 2 is 1.73 bits per heavy atom. The molecular formula is C19H23FN4O5S. The molecule has 0 radical (unpaired) electrons. The Hall–Kier alpha value is -3.18. The fraction of sp³-hybridized carbons (Fsp3) is 0.263. The number of ether oxygens (including phenoxy) is 1. The zero-order chi connectivity index (χ0) is 22.3. The number of carbonyl (C=O) groups is 2. The number of urea groups is 1. The standard InChI is InChI=1S/C19H23FN4O5S/c1-24(2)30(27,28)17-10-15(8-9-16(17)29-3)23-18(25)12-22-19(26)21-11-13-4-6-14(20)7-5-13/h4-10H,11-12H2,1-3H3,(H,23,25)(H2,21,22,26).